The van der Waals surface area contributed by atoms with Gasteiger partial charge in [-0.2, -0.15) is 0 Å². The first-order valence-electron chi connectivity index (χ1n) is 8.83. The molecule has 0 aromatic heterocycles. The van der Waals surface area contributed by atoms with E-state index in [0.29, 0.717) is 11.5 Å². The summed E-state index contributed by atoms with van der Waals surface area (Å²) in [5.41, 5.74) is 2.69. The van der Waals surface area contributed by atoms with Crippen LogP contribution < -0.4 is 5.32 Å². The van der Waals surface area contributed by atoms with Crippen LogP contribution in [0.1, 0.15) is 86.6 Å². The van der Waals surface area contributed by atoms with Gasteiger partial charge in [-0.05, 0) is 24.1 Å². The molecule has 3 heteroatoms. The van der Waals surface area contributed by atoms with E-state index in [1.807, 2.05) is 6.07 Å². The fourth-order valence-corrected chi connectivity index (χ4v) is 3.32. The highest BCUT2D eigenvalue weighted by Gasteiger charge is 2.22. The quantitative estimate of drug-likeness (QED) is 0.567. The SMILES string of the molecule is CCCCCCCCCCC1CNc2cc(C(=O)O)ccc21. The summed E-state index contributed by atoms with van der Waals surface area (Å²) >= 11 is 0. The Morgan fingerprint density at radius 3 is 2.50 bits per heavy atom. The summed E-state index contributed by atoms with van der Waals surface area (Å²) < 4.78 is 0. The maximum Gasteiger partial charge on any atom is 0.335 e. The fourth-order valence-electron chi connectivity index (χ4n) is 3.32. The van der Waals surface area contributed by atoms with Crippen LogP contribution in [0, 0.1) is 0 Å². The second kappa shape index (κ2) is 8.82. The van der Waals surface area contributed by atoms with Crippen LogP contribution >= 0.6 is 0 Å². The highest BCUT2D eigenvalue weighted by Crippen LogP contribution is 2.35. The van der Waals surface area contributed by atoms with Crippen molar-refractivity contribution in [2.75, 3.05) is 11.9 Å². The van der Waals surface area contributed by atoms with Gasteiger partial charge in [0, 0.05) is 18.2 Å². The van der Waals surface area contributed by atoms with Gasteiger partial charge < -0.3 is 10.4 Å². The zero-order chi connectivity index (χ0) is 15.8. The lowest BCUT2D eigenvalue weighted by atomic mass is 9.94. The van der Waals surface area contributed by atoms with E-state index in [4.69, 9.17) is 5.11 Å². The van der Waals surface area contributed by atoms with Crippen molar-refractivity contribution in [3.63, 3.8) is 0 Å². The lowest BCUT2D eigenvalue weighted by molar-refractivity contribution is 0.0697. The molecule has 1 aromatic carbocycles. The maximum atomic E-state index is 11.0. The van der Waals surface area contributed by atoms with Gasteiger partial charge >= 0.3 is 5.97 Å². The monoisotopic (exact) mass is 303 g/mol. The first kappa shape index (κ1) is 16.9. The van der Waals surface area contributed by atoms with Gasteiger partial charge in [-0.15, -0.1) is 0 Å². The fraction of sp³-hybridized carbons (Fsp3) is 0.632. The molecule has 2 N–H and O–H groups in total. The molecule has 0 amide bonds. The van der Waals surface area contributed by atoms with Crippen molar-refractivity contribution in [3.05, 3.63) is 29.3 Å². The molecule has 22 heavy (non-hydrogen) atoms. The van der Waals surface area contributed by atoms with E-state index in [0.717, 1.165) is 12.2 Å². The molecule has 3 nitrogen and oxygen atoms in total. The molecule has 0 fully saturated rings. The first-order chi connectivity index (χ1) is 10.7. The Hall–Kier alpha value is -1.51. The van der Waals surface area contributed by atoms with Gasteiger partial charge in [-0.1, -0.05) is 64.4 Å². The number of carboxylic acid groups (broad SMARTS) is 1. The van der Waals surface area contributed by atoms with Gasteiger partial charge in [0.1, 0.15) is 0 Å². The van der Waals surface area contributed by atoms with Crippen molar-refractivity contribution in [2.45, 2.75) is 70.6 Å². The molecule has 0 radical (unpaired) electrons. The minimum absolute atomic E-state index is 0.374. The number of hydrogen-bond donors (Lipinski definition) is 2. The van der Waals surface area contributed by atoms with Crippen LogP contribution in [-0.2, 0) is 0 Å². The van der Waals surface area contributed by atoms with Crippen molar-refractivity contribution in [3.8, 4) is 0 Å². The van der Waals surface area contributed by atoms with Crippen LogP contribution in [0.2, 0.25) is 0 Å². The minimum atomic E-state index is -0.851. The number of nitrogens with one attached hydrogen (secondary N) is 1. The largest absolute Gasteiger partial charge is 0.478 e. The van der Waals surface area contributed by atoms with Crippen molar-refractivity contribution < 1.29 is 9.90 Å². The van der Waals surface area contributed by atoms with Crippen molar-refractivity contribution >= 4 is 11.7 Å². The van der Waals surface area contributed by atoms with E-state index in [-0.39, 0.29) is 0 Å². The number of carboxylic acids is 1. The standard InChI is InChI=1S/C19H29NO2/c1-2-3-4-5-6-7-8-9-10-16-14-20-18-13-15(19(21)22)11-12-17(16)18/h11-13,16,20H,2-10,14H2,1H3,(H,21,22). The van der Waals surface area contributed by atoms with Crippen LogP contribution in [0.25, 0.3) is 0 Å². The van der Waals surface area contributed by atoms with E-state index in [2.05, 4.69) is 12.2 Å². The highest BCUT2D eigenvalue weighted by atomic mass is 16.4. The van der Waals surface area contributed by atoms with Gasteiger partial charge in [0.15, 0.2) is 0 Å². The summed E-state index contributed by atoms with van der Waals surface area (Å²) in [5.74, 6) is -0.297. The number of aromatic carboxylic acids is 1. The Kier molecular flexibility index (Phi) is 6.75. The molecule has 0 spiro atoms. The van der Waals surface area contributed by atoms with Crippen LogP contribution in [0.3, 0.4) is 0 Å². The number of anilines is 1. The van der Waals surface area contributed by atoms with Gasteiger partial charge in [0.05, 0.1) is 5.56 Å². The molecule has 1 heterocycles. The van der Waals surface area contributed by atoms with E-state index in [9.17, 15) is 4.79 Å². The summed E-state index contributed by atoms with van der Waals surface area (Å²) in [6.07, 6.45) is 12.0. The summed E-state index contributed by atoms with van der Waals surface area (Å²) in [6, 6.07) is 5.49. The lowest BCUT2D eigenvalue weighted by Crippen LogP contribution is -2.01. The normalized spacial score (nSPS) is 16.3. The molecule has 0 saturated carbocycles. The predicted octanol–water partition coefficient (Wildman–Crippen LogP) is 5.42. The summed E-state index contributed by atoms with van der Waals surface area (Å²) in [7, 11) is 0. The minimum Gasteiger partial charge on any atom is -0.478 e. The van der Waals surface area contributed by atoms with E-state index in [1.54, 1.807) is 12.1 Å². The molecule has 0 saturated heterocycles. The molecule has 2 rings (SSSR count). The van der Waals surface area contributed by atoms with Crippen molar-refractivity contribution in [1.29, 1.82) is 0 Å². The zero-order valence-corrected chi connectivity index (χ0v) is 13.7. The molecule has 0 aliphatic carbocycles. The van der Waals surface area contributed by atoms with Crippen LogP contribution in [0.15, 0.2) is 18.2 Å². The van der Waals surface area contributed by atoms with Gasteiger partial charge in [-0.25, -0.2) is 4.79 Å². The smallest absolute Gasteiger partial charge is 0.335 e. The number of carbonyl (C=O) groups is 1. The zero-order valence-electron chi connectivity index (χ0n) is 13.7. The Balaban J connectivity index is 1.68. The maximum absolute atomic E-state index is 11.0. The number of unbranched alkanes of at least 4 members (excludes halogenated alkanes) is 7. The van der Waals surface area contributed by atoms with Crippen LogP contribution in [0.5, 0.6) is 0 Å². The second-order valence-corrected chi connectivity index (χ2v) is 6.45. The third kappa shape index (κ3) is 4.75. The number of rotatable bonds is 10. The molecule has 1 atom stereocenters. The van der Waals surface area contributed by atoms with E-state index in [1.165, 1.54) is 63.4 Å². The van der Waals surface area contributed by atoms with Gasteiger partial charge in [-0.3, -0.25) is 0 Å². The average molecular weight is 303 g/mol. The number of benzene rings is 1. The molecule has 1 aliphatic heterocycles. The second-order valence-electron chi connectivity index (χ2n) is 6.45. The van der Waals surface area contributed by atoms with Gasteiger partial charge in [0.2, 0.25) is 0 Å². The Morgan fingerprint density at radius 1 is 1.14 bits per heavy atom. The van der Waals surface area contributed by atoms with E-state index < -0.39 is 5.97 Å². The first-order valence-corrected chi connectivity index (χ1v) is 8.83. The Labute approximate surface area is 134 Å². The summed E-state index contributed by atoms with van der Waals surface area (Å²) in [4.78, 5) is 11.0. The Bertz CT molecular complexity index is 484. The summed E-state index contributed by atoms with van der Waals surface area (Å²) in [5, 5.41) is 12.4. The predicted molar refractivity (Wildman–Crippen MR) is 91.9 cm³/mol. The molecule has 0 bridgehead atoms. The molecule has 122 valence electrons. The number of fused-ring (bicyclic) bond motifs is 1. The third-order valence-corrected chi connectivity index (χ3v) is 4.69. The molecular weight excluding hydrogens is 274 g/mol. The number of hydrogen-bond acceptors (Lipinski definition) is 2. The van der Waals surface area contributed by atoms with Gasteiger partial charge in [0.25, 0.3) is 0 Å². The van der Waals surface area contributed by atoms with E-state index >= 15 is 0 Å². The lowest BCUT2D eigenvalue weighted by Gasteiger charge is -2.10. The van der Waals surface area contributed by atoms with Crippen molar-refractivity contribution in [1.82, 2.24) is 0 Å². The molecule has 1 unspecified atom stereocenters. The Morgan fingerprint density at radius 2 is 1.82 bits per heavy atom. The topological polar surface area (TPSA) is 49.3 Å². The third-order valence-electron chi connectivity index (χ3n) is 4.69. The van der Waals surface area contributed by atoms with Crippen LogP contribution in [0.4, 0.5) is 5.69 Å². The molecule has 1 aliphatic rings. The molecule has 1 aromatic rings. The van der Waals surface area contributed by atoms with Crippen LogP contribution in [-0.4, -0.2) is 17.6 Å². The highest BCUT2D eigenvalue weighted by molar-refractivity contribution is 5.89. The molecular formula is C19H29NO2. The summed E-state index contributed by atoms with van der Waals surface area (Å²) in [6.45, 7) is 3.21. The van der Waals surface area contributed by atoms with Crippen molar-refractivity contribution in [2.24, 2.45) is 0 Å². The average Bonchev–Trinajstić information content (AvgIpc) is 2.92.